The van der Waals surface area contributed by atoms with Gasteiger partial charge in [0.25, 0.3) is 0 Å². The van der Waals surface area contributed by atoms with Gasteiger partial charge >= 0.3 is 0 Å². The van der Waals surface area contributed by atoms with Crippen LogP contribution in [0, 0.1) is 17.3 Å². The summed E-state index contributed by atoms with van der Waals surface area (Å²) >= 11 is 0. The average molecular weight is 407 g/mol. The molecule has 4 fully saturated rings. The average Bonchev–Trinajstić information content (AvgIpc) is 3.44. The van der Waals surface area contributed by atoms with Gasteiger partial charge in [0.2, 0.25) is 0 Å². The molecule has 5 aliphatic rings. The number of fused-ring (bicyclic) bond motifs is 4. The second kappa shape index (κ2) is 8.07. The molecule has 0 aromatic carbocycles. The van der Waals surface area contributed by atoms with Crippen molar-refractivity contribution in [3.63, 3.8) is 0 Å². The van der Waals surface area contributed by atoms with Crippen LogP contribution in [0.2, 0.25) is 0 Å². The predicted molar refractivity (Wildman–Crippen MR) is 110 cm³/mol. The van der Waals surface area contributed by atoms with Gasteiger partial charge in [-0.2, -0.15) is 0 Å². The lowest BCUT2D eigenvalue weighted by Crippen LogP contribution is -2.50. The quantitative estimate of drug-likeness (QED) is 0.675. The smallest absolute Gasteiger partial charge is 0.174 e. The number of carbonyl (C=O) groups is 1. The van der Waals surface area contributed by atoms with Crippen LogP contribution in [0.5, 0.6) is 0 Å². The Hall–Kier alpha value is -0.750. The molecule has 29 heavy (non-hydrogen) atoms. The molecule has 5 rings (SSSR count). The van der Waals surface area contributed by atoms with Crippen molar-refractivity contribution in [2.45, 2.75) is 90.6 Å². The number of Topliss-reactive ketones (excluding diaryl/α,β-unsaturated/α-hetero) is 1. The summed E-state index contributed by atoms with van der Waals surface area (Å²) in [6.07, 6.45) is 7.44. The van der Waals surface area contributed by atoms with Gasteiger partial charge in [-0.05, 0) is 56.4 Å². The molecule has 5 nitrogen and oxygen atoms in total. The maximum Gasteiger partial charge on any atom is 0.174 e. The Morgan fingerprint density at radius 3 is 2.24 bits per heavy atom. The van der Waals surface area contributed by atoms with Crippen molar-refractivity contribution >= 4 is 5.78 Å². The number of rotatable bonds is 3. The van der Waals surface area contributed by atoms with E-state index in [0.29, 0.717) is 37.3 Å². The van der Waals surface area contributed by atoms with Crippen LogP contribution in [0.15, 0.2) is 11.1 Å². The number of carbonyl (C=O) groups excluding carboxylic acids is 1. The molecule has 3 unspecified atom stereocenters. The molecule has 164 valence electrons. The summed E-state index contributed by atoms with van der Waals surface area (Å²) < 4.78 is 23.9. The molecule has 2 saturated heterocycles. The topological polar surface area (TPSA) is 54.0 Å². The molecule has 0 aromatic rings. The fourth-order valence-electron chi connectivity index (χ4n) is 6.72. The Morgan fingerprint density at radius 2 is 1.55 bits per heavy atom. The maximum atomic E-state index is 12.8. The predicted octanol–water partition coefficient (Wildman–Crippen LogP) is 4.78. The third-order valence-electron chi connectivity index (χ3n) is 8.21. The lowest BCUT2D eigenvalue weighted by molar-refractivity contribution is -0.232. The highest BCUT2D eigenvalue weighted by atomic mass is 16.7. The molecule has 1 spiro atoms. The summed E-state index contributed by atoms with van der Waals surface area (Å²) in [5, 5.41) is 0. The minimum Gasteiger partial charge on any atom is -0.348 e. The molecule has 3 aliphatic carbocycles. The van der Waals surface area contributed by atoms with Gasteiger partial charge in [-0.3, -0.25) is 4.79 Å². The molecule has 2 saturated carbocycles. The van der Waals surface area contributed by atoms with Gasteiger partial charge in [0, 0.05) is 24.7 Å². The number of hydrogen-bond donors (Lipinski definition) is 0. The van der Waals surface area contributed by atoms with E-state index >= 15 is 0 Å². The lowest BCUT2D eigenvalue weighted by atomic mass is 9.57. The zero-order chi connectivity index (χ0) is 20.7. The van der Waals surface area contributed by atoms with E-state index in [9.17, 15) is 4.79 Å². The Kier molecular flexibility index (Phi) is 5.97. The number of ketones is 1. The fourth-order valence-corrected chi connectivity index (χ4v) is 6.72. The number of allylic oxidation sites excluding steroid dienone is 2. The van der Waals surface area contributed by atoms with Crippen molar-refractivity contribution in [1.82, 2.24) is 0 Å². The van der Waals surface area contributed by atoms with Crippen molar-refractivity contribution in [2.24, 2.45) is 17.3 Å². The molecule has 5 heteroatoms. The van der Waals surface area contributed by atoms with Crippen molar-refractivity contribution in [3.05, 3.63) is 11.1 Å². The van der Waals surface area contributed by atoms with Crippen LogP contribution < -0.4 is 0 Å². The number of hydrogen-bond acceptors (Lipinski definition) is 5. The van der Waals surface area contributed by atoms with E-state index in [4.69, 9.17) is 18.9 Å². The fraction of sp³-hybridized carbons (Fsp3) is 0.875. The van der Waals surface area contributed by atoms with Crippen LogP contribution in [0.1, 0.15) is 79.1 Å². The van der Waals surface area contributed by atoms with Crippen molar-refractivity contribution in [2.75, 3.05) is 26.4 Å². The first-order valence-corrected chi connectivity index (χ1v) is 11.8. The lowest BCUT2D eigenvalue weighted by Gasteiger charge is -2.50. The van der Waals surface area contributed by atoms with Gasteiger partial charge in [-0.25, -0.2) is 0 Å². The molecular formula is C24H38O5. The second-order valence-corrected chi connectivity index (χ2v) is 9.42. The zero-order valence-corrected chi connectivity index (χ0v) is 18.7. The first-order chi connectivity index (χ1) is 14.0. The van der Waals surface area contributed by atoms with Crippen LogP contribution >= 0.6 is 0 Å². The van der Waals surface area contributed by atoms with E-state index in [1.54, 1.807) is 0 Å². The van der Waals surface area contributed by atoms with E-state index in [1.165, 1.54) is 5.57 Å². The highest BCUT2D eigenvalue weighted by Gasteiger charge is 2.64. The van der Waals surface area contributed by atoms with Crippen LogP contribution in [0.3, 0.4) is 0 Å². The first kappa shape index (κ1) is 21.5. The van der Waals surface area contributed by atoms with Crippen LogP contribution in [-0.2, 0) is 23.7 Å². The van der Waals surface area contributed by atoms with Gasteiger partial charge in [-0.1, -0.05) is 26.3 Å². The summed E-state index contributed by atoms with van der Waals surface area (Å²) in [6, 6.07) is 0. The highest BCUT2D eigenvalue weighted by molar-refractivity contribution is 5.97. The second-order valence-electron chi connectivity index (χ2n) is 9.42. The standard InChI is InChI=1S/C22H32O5.C2H6/c1-20-8-5-15-16(18(20)7-10-22(20)26-13-14-27-22)3-4-19(23)17(15)6-9-21(2)24-11-12-25-21;1-2/h16,18H,3-14H2,1-2H3;1-2H3. The van der Waals surface area contributed by atoms with Crippen molar-refractivity contribution in [1.29, 1.82) is 0 Å². The summed E-state index contributed by atoms with van der Waals surface area (Å²) in [5.74, 6) is 0.544. The molecular weight excluding hydrogens is 368 g/mol. The van der Waals surface area contributed by atoms with Gasteiger partial charge in [-0.15, -0.1) is 0 Å². The van der Waals surface area contributed by atoms with Crippen LogP contribution in [0.25, 0.3) is 0 Å². The monoisotopic (exact) mass is 406 g/mol. The number of ether oxygens (including phenoxy) is 4. The van der Waals surface area contributed by atoms with Gasteiger partial charge < -0.3 is 18.9 Å². The zero-order valence-electron chi connectivity index (χ0n) is 18.7. The molecule has 2 heterocycles. The van der Waals surface area contributed by atoms with E-state index in [0.717, 1.165) is 63.7 Å². The van der Waals surface area contributed by atoms with E-state index in [1.807, 2.05) is 20.8 Å². The molecule has 0 N–H and O–H groups in total. The van der Waals surface area contributed by atoms with E-state index in [-0.39, 0.29) is 11.2 Å². The van der Waals surface area contributed by atoms with Crippen molar-refractivity contribution in [3.8, 4) is 0 Å². The summed E-state index contributed by atoms with van der Waals surface area (Å²) in [7, 11) is 0. The maximum absolute atomic E-state index is 12.8. The third kappa shape index (κ3) is 3.42. The molecule has 0 radical (unpaired) electrons. The summed E-state index contributed by atoms with van der Waals surface area (Å²) in [4.78, 5) is 12.8. The van der Waals surface area contributed by atoms with Crippen LogP contribution in [-0.4, -0.2) is 43.8 Å². The Bertz CT molecular complexity index is 656. The minimum atomic E-state index is -0.521. The van der Waals surface area contributed by atoms with Gasteiger partial charge in [0.1, 0.15) is 0 Å². The normalized spacial score (nSPS) is 37.3. The molecule has 0 bridgehead atoms. The van der Waals surface area contributed by atoms with Crippen molar-refractivity contribution < 1.29 is 23.7 Å². The highest BCUT2D eigenvalue weighted by Crippen LogP contribution is 2.64. The van der Waals surface area contributed by atoms with Gasteiger partial charge in [0.15, 0.2) is 17.4 Å². The molecule has 3 atom stereocenters. The summed E-state index contributed by atoms with van der Waals surface area (Å²) in [6.45, 7) is 11.1. The third-order valence-corrected chi connectivity index (χ3v) is 8.21. The Labute approximate surface area is 175 Å². The first-order valence-electron chi connectivity index (χ1n) is 11.8. The molecule has 0 aromatic heterocycles. The Balaban J connectivity index is 0.000000994. The Morgan fingerprint density at radius 1 is 0.897 bits per heavy atom. The summed E-state index contributed by atoms with van der Waals surface area (Å²) in [5.41, 5.74) is 2.60. The largest absolute Gasteiger partial charge is 0.348 e. The van der Waals surface area contributed by atoms with Gasteiger partial charge in [0.05, 0.1) is 26.4 Å². The molecule has 0 amide bonds. The molecule has 2 aliphatic heterocycles. The SMILES string of the molecule is CC.CC1(CCC2=C3CCC4(C)C(CCC45OCCO5)C3CCC2=O)OCCO1. The van der Waals surface area contributed by atoms with Crippen LogP contribution in [0.4, 0.5) is 0 Å². The minimum absolute atomic E-state index is 0.0762. The van der Waals surface area contributed by atoms with E-state index in [2.05, 4.69) is 6.92 Å². The van der Waals surface area contributed by atoms with E-state index < -0.39 is 5.79 Å².